The lowest BCUT2D eigenvalue weighted by molar-refractivity contribution is -0.136. The van der Waals surface area contributed by atoms with Crippen LogP contribution in [0.2, 0.25) is 5.02 Å². The zero-order chi connectivity index (χ0) is 14.5. The zero-order valence-electron chi connectivity index (χ0n) is 10.5. The molecule has 0 bridgehead atoms. The van der Waals surface area contributed by atoms with Gasteiger partial charge in [-0.05, 0) is 34.9 Å². The maximum atomic E-state index is 10.9. The molecule has 0 fully saturated rings. The Kier molecular flexibility index (Phi) is 4.99. The summed E-state index contributed by atoms with van der Waals surface area (Å²) in [6, 6.07) is 13.0. The van der Waals surface area contributed by atoms with E-state index < -0.39 is 5.97 Å². The molecule has 0 spiro atoms. The van der Waals surface area contributed by atoms with E-state index in [-0.39, 0.29) is 6.42 Å². The van der Waals surface area contributed by atoms with Crippen LogP contribution in [0.25, 0.3) is 12.2 Å². The number of benzene rings is 2. The van der Waals surface area contributed by atoms with E-state index in [1.165, 1.54) is 0 Å². The van der Waals surface area contributed by atoms with Crippen molar-refractivity contribution >= 4 is 45.7 Å². The summed E-state index contributed by atoms with van der Waals surface area (Å²) in [4.78, 5) is 10.9. The van der Waals surface area contributed by atoms with E-state index >= 15 is 0 Å². The molecule has 0 amide bonds. The summed E-state index contributed by atoms with van der Waals surface area (Å²) < 4.78 is 0.984. The third kappa shape index (κ3) is 3.95. The van der Waals surface area contributed by atoms with Crippen LogP contribution in [-0.4, -0.2) is 11.1 Å². The van der Waals surface area contributed by atoms with Crippen molar-refractivity contribution in [3.63, 3.8) is 0 Å². The Morgan fingerprint density at radius 3 is 2.55 bits per heavy atom. The van der Waals surface area contributed by atoms with Crippen molar-refractivity contribution in [3.8, 4) is 0 Å². The molecule has 102 valence electrons. The van der Waals surface area contributed by atoms with Crippen LogP contribution in [-0.2, 0) is 11.2 Å². The van der Waals surface area contributed by atoms with Crippen molar-refractivity contribution < 1.29 is 9.90 Å². The van der Waals surface area contributed by atoms with E-state index in [1.807, 2.05) is 36.4 Å². The predicted molar refractivity (Wildman–Crippen MR) is 85.9 cm³/mol. The maximum absolute atomic E-state index is 10.9. The van der Waals surface area contributed by atoms with Gasteiger partial charge in [0.1, 0.15) is 0 Å². The quantitative estimate of drug-likeness (QED) is 0.795. The number of hydrogen-bond acceptors (Lipinski definition) is 1. The van der Waals surface area contributed by atoms with E-state index in [0.29, 0.717) is 5.02 Å². The molecule has 0 aliphatic rings. The van der Waals surface area contributed by atoms with Crippen LogP contribution in [0.4, 0.5) is 0 Å². The zero-order valence-corrected chi connectivity index (χ0v) is 12.9. The molecule has 0 aromatic heterocycles. The molecule has 2 nitrogen and oxygen atoms in total. The molecular formula is C16H12BrClO2. The lowest BCUT2D eigenvalue weighted by Gasteiger charge is -2.04. The smallest absolute Gasteiger partial charge is 0.307 e. The monoisotopic (exact) mass is 350 g/mol. The fourth-order valence-corrected chi connectivity index (χ4v) is 2.43. The molecule has 0 aliphatic carbocycles. The van der Waals surface area contributed by atoms with Gasteiger partial charge in [-0.3, -0.25) is 4.79 Å². The number of aliphatic carboxylic acids is 1. The molecule has 2 rings (SSSR count). The minimum Gasteiger partial charge on any atom is -0.481 e. The molecule has 0 heterocycles. The van der Waals surface area contributed by atoms with Gasteiger partial charge >= 0.3 is 5.97 Å². The van der Waals surface area contributed by atoms with Crippen molar-refractivity contribution in [3.05, 3.63) is 68.7 Å². The van der Waals surface area contributed by atoms with Crippen LogP contribution < -0.4 is 0 Å². The molecule has 0 saturated carbocycles. The first-order valence-corrected chi connectivity index (χ1v) is 7.16. The van der Waals surface area contributed by atoms with Gasteiger partial charge in [0, 0.05) is 9.50 Å². The van der Waals surface area contributed by atoms with Gasteiger partial charge in [-0.15, -0.1) is 0 Å². The predicted octanol–water partition coefficient (Wildman–Crippen LogP) is 4.90. The van der Waals surface area contributed by atoms with Crippen LogP contribution in [0.5, 0.6) is 0 Å². The summed E-state index contributed by atoms with van der Waals surface area (Å²) in [5.74, 6) is -0.858. The molecular weight excluding hydrogens is 340 g/mol. The van der Waals surface area contributed by atoms with Crippen LogP contribution in [0, 0.1) is 0 Å². The van der Waals surface area contributed by atoms with Gasteiger partial charge in [0.05, 0.1) is 6.42 Å². The Labute approximate surface area is 130 Å². The molecule has 1 N–H and O–H groups in total. The lowest BCUT2D eigenvalue weighted by Crippen LogP contribution is -2.01. The largest absolute Gasteiger partial charge is 0.481 e. The first kappa shape index (κ1) is 14.8. The molecule has 4 heteroatoms. The summed E-state index contributed by atoms with van der Waals surface area (Å²) in [6.45, 7) is 0. The average molecular weight is 352 g/mol. The highest BCUT2D eigenvalue weighted by Crippen LogP contribution is 2.22. The van der Waals surface area contributed by atoms with E-state index in [4.69, 9.17) is 16.7 Å². The molecule has 0 radical (unpaired) electrons. The first-order chi connectivity index (χ1) is 9.56. The Morgan fingerprint density at radius 2 is 1.85 bits per heavy atom. The van der Waals surface area contributed by atoms with Crippen molar-refractivity contribution in [1.29, 1.82) is 0 Å². The standard InChI is InChI=1S/C16H12BrClO2/c17-15-4-2-1-3-11(15)5-6-12-9-14(18)8-7-13(12)10-16(19)20/h1-9H,10H2,(H,19,20). The second-order valence-electron chi connectivity index (χ2n) is 4.27. The summed E-state index contributed by atoms with van der Waals surface area (Å²) in [5, 5.41) is 9.51. The average Bonchev–Trinajstić information content (AvgIpc) is 2.40. The van der Waals surface area contributed by atoms with E-state index in [9.17, 15) is 4.79 Å². The van der Waals surface area contributed by atoms with Crippen molar-refractivity contribution in [1.82, 2.24) is 0 Å². The number of carboxylic acids is 1. The van der Waals surface area contributed by atoms with Crippen LogP contribution >= 0.6 is 27.5 Å². The van der Waals surface area contributed by atoms with Gasteiger partial charge in [-0.2, -0.15) is 0 Å². The number of halogens is 2. The van der Waals surface area contributed by atoms with Gasteiger partial charge in [-0.1, -0.05) is 63.9 Å². The summed E-state index contributed by atoms with van der Waals surface area (Å²) in [6.07, 6.45) is 3.79. The molecule has 20 heavy (non-hydrogen) atoms. The second-order valence-corrected chi connectivity index (χ2v) is 5.56. The molecule has 2 aromatic carbocycles. The Hall–Kier alpha value is -1.58. The number of rotatable bonds is 4. The fraction of sp³-hybridized carbons (Fsp3) is 0.0625. The molecule has 0 atom stereocenters. The Morgan fingerprint density at radius 1 is 1.15 bits per heavy atom. The molecule has 0 aliphatic heterocycles. The van der Waals surface area contributed by atoms with Crippen molar-refractivity contribution in [2.75, 3.05) is 0 Å². The van der Waals surface area contributed by atoms with Crippen molar-refractivity contribution in [2.24, 2.45) is 0 Å². The van der Waals surface area contributed by atoms with Crippen molar-refractivity contribution in [2.45, 2.75) is 6.42 Å². The minimum absolute atomic E-state index is 0.0210. The van der Waals surface area contributed by atoms with Gasteiger partial charge < -0.3 is 5.11 Å². The molecule has 0 saturated heterocycles. The van der Waals surface area contributed by atoms with Gasteiger partial charge in [0.2, 0.25) is 0 Å². The van der Waals surface area contributed by atoms with Crippen LogP contribution in [0.1, 0.15) is 16.7 Å². The highest BCUT2D eigenvalue weighted by Gasteiger charge is 2.05. The van der Waals surface area contributed by atoms with Gasteiger partial charge in [0.25, 0.3) is 0 Å². The van der Waals surface area contributed by atoms with Crippen LogP contribution in [0.15, 0.2) is 46.9 Å². The molecule has 0 unspecified atom stereocenters. The number of carboxylic acid groups (broad SMARTS) is 1. The summed E-state index contributed by atoms with van der Waals surface area (Å²) in [5.41, 5.74) is 2.58. The molecule has 2 aromatic rings. The van der Waals surface area contributed by atoms with Gasteiger partial charge in [0.15, 0.2) is 0 Å². The number of hydrogen-bond donors (Lipinski definition) is 1. The third-order valence-corrected chi connectivity index (χ3v) is 3.75. The SMILES string of the molecule is O=C(O)Cc1ccc(Cl)cc1C=Cc1ccccc1Br. The second kappa shape index (κ2) is 6.73. The van der Waals surface area contributed by atoms with E-state index in [2.05, 4.69) is 15.9 Å². The van der Waals surface area contributed by atoms with Crippen LogP contribution in [0.3, 0.4) is 0 Å². The first-order valence-electron chi connectivity index (χ1n) is 5.99. The highest BCUT2D eigenvalue weighted by molar-refractivity contribution is 9.10. The Balaban J connectivity index is 2.35. The topological polar surface area (TPSA) is 37.3 Å². The van der Waals surface area contributed by atoms with Gasteiger partial charge in [-0.25, -0.2) is 0 Å². The fourth-order valence-electron chi connectivity index (χ4n) is 1.83. The van der Waals surface area contributed by atoms with E-state index in [0.717, 1.165) is 21.2 Å². The maximum Gasteiger partial charge on any atom is 0.307 e. The summed E-state index contributed by atoms with van der Waals surface area (Å²) >= 11 is 9.45. The van der Waals surface area contributed by atoms with E-state index in [1.54, 1.807) is 18.2 Å². The summed E-state index contributed by atoms with van der Waals surface area (Å²) in [7, 11) is 0. The third-order valence-electron chi connectivity index (χ3n) is 2.80. The normalized spacial score (nSPS) is 10.9. The minimum atomic E-state index is -0.858. The number of carbonyl (C=O) groups is 1. The Bertz CT molecular complexity index is 665. The lowest BCUT2D eigenvalue weighted by atomic mass is 10.0. The highest BCUT2D eigenvalue weighted by atomic mass is 79.9.